The summed E-state index contributed by atoms with van der Waals surface area (Å²) in [5.41, 5.74) is 2.67. The molecule has 2 aromatic heterocycles. The summed E-state index contributed by atoms with van der Waals surface area (Å²) in [5, 5.41) is 4.88. The first kappa shape index (κ1) is 6.34. The van der Waals surface area contributed by atoms with E-state index in [2.05, 4.69) is 10.1 Å². The second kappa shape index (κ2) is 2.05. The van der Waals surface area contributed by atoms with E-state index in [1.54, 1.807) is 6.20 Å². The molecule has 0 N–H and O–H groups in total. The molecule has 2 rings (SSSR count). The SMILES string of the molecule is Cc1cc2c(C)noc2cn1. The molecule has 0 unspecified atom stereocenters. The van der Waals surface area contributed by atoms with Crippen LogP contribution in [-0.4, -0.2) is 10.1 Å². The lowest BCUT2D eigenvalue weighted by atomic mass is 10.2. The smallest absolute Gasteiger partial charge is 0.185 e. The summed E-state index contributed by atoms with van der Waals surface area (Å²) < 4.78 is 4.99. The minimum atomic E-state index is 0.758. The molecule has 0 amide bonds. The lowest BCUT2D eigenvalue weighted by molar-refractivity contribution is 0.449. The van der Waals surface area contributed by atoms with Gasteiger partial charge in [0.25, 0.3) is 0 Å². The van der Waals surface area contributed by atoms with Crippen LogP contribution >= 0.6 is 0 Å². The number of hydrogen-bond donors (Lipinski definition) is 0. The van der Waals surface area contributed by atoms with Gasteiger partial charge in [0.15, 0.2) is 5.58 Å². The third-order valence-corrected chi connectivity index (χ3v) is 1.67. The molecule has 0 bridgehead atoms. The van der Waals surface area contributed by atoms with Crippen molar-refractivity contribution in [1.82, 2.24) is 10.1 Å². The lowest BCUT2D eigenvalue weighted by Gasteiger charge is -1.88. The first-order chi connectivity index (χ1) is 5.27. The fraction of sp³-hybridized carbons (Fsp3) is 0.250. The quantitative estimate of drug-likeness (QED) is 0.572. The van der Waals surface area contributed by atoms with Crippen molar-refractivity contribution in [3.8, 4) is 0 Å². The molecule has 0 aliphatic carbocycles. The van der Waals surface area contributed by atoms with Crippen LogP contribution < -0.4 is 0 Å². The highest BCUT2D eigenvalue weighted by molar-refractivity contribution is 5.78. The van der Waals surface area contributed by atoms with Gasteiger partial charge in [-0.05, 0) is 19.9 Å². The first-order valence-corrected chi connectivity index (χ1v) is 3.46. The van der Waals surface area contributed by atoms with Gasteiger partial charge in [-0.15, -0.1) is 0 Å². The lowest BCUT2D eigenvalue weighted by Crippen LogP contribution is -1.78. The van der Waals surface area contributed by atoms with Gasteiger partial charge in [0.2, 0.25) is 0 Å². The van der Waals surface area contributed by atoms with Gasteiger partial charge in [0, 0.05) is 11.1 Å². The molecule has 3 heteroatoms. The first-order valence-electron chi connectivity index (χ1n) is 3.46. The van der Waals surface area contributed by atoms with Crippen molar-refractivity contribution in [2.45, 2.75) is 13.8 Å². The Balaban J connectivity index is 2.87. The standard InChI is InChI=1S/C8H8N2O/c1-5-3-7-6(2)10-11-8(7)4-9-5/h3-4H,1-2H3. The molecule has 0 aliphatic rings. The van der Waals surface area contributed by atoms with Crippen LogP contribution in [0.3, 0.4) is 0 Å². The summed E-state index contributed by atoms with van der Waals surface area (Å²) in [6.45, 7) is 3.87. The number of aryl methyl sites for hydroxylation is 2. The predicted molar refractivity (Wildman–Crippen MR) is 41.3 cm³/mol. The Kier molecular flexibility index (Phi) is 1.18. The summed E-state index contributed by atoms with van der Waals surface area (Å²) in [6.07, 6.45) is 1.70. The fourth-order valence-electron chi connectivity index (χ4n) is 1.07. The summed E-state index contributed by atoms with van der Waals surface area (Å²) in [4.78, 5) is 4.09. The average Bonchev–Trinajstić information content (AvgIpc) is 2.33. The summed E-state index contributed by atoms with van der Waals surface area (Å²) in [5.74, 6) is 0. The van der Waals surface area contributed by atoms with Crippen LogP contribution in [0.25, 0.3) is 11.0 Å². The Morgan fingerprint density at radius 3 is 3.00 bits per heavy atom. The van der Waals surface area contributed by atoms with Crippen molar-refractivity contribution in [3.05, 3.63) is 23.7 Å². The molecule has 11 heavy (non-hydrogen) atoms. The maximum absolute atomic E-state index is 4.99. The monoisotopic (exact) mass is 148 g/mol. The van der Waals surface area contributed by atoms with E-state index in [4.69, 9.17) is 4.52 Å². The van der Waals surface area contributed by atoms with Crippen LogP contribution in [0, 0.1) is 13.8 Å². The number of fused-ring (bicyclic) bond motifs is 1. The van der Waals surface area contributed by atoms with Gasteiger partial charge >= 0.3 is 0 Å². The molecular weight excluding hydrogens is 140 g/mol. The minimum Gasteiger partial charge on any atom is -0.354 e. The van der Waals surface area contributed by atoms with Crippen LogP contribution in [0.2, 0.25) is 0 Å². The molecule has 0 fully saturated rings. The van der Waals surface area contributed by atoms with Crippen LogP contribution in [0.1, 0.15) is 11.4 Å². The van der Waals surface area contributed by atoms with Crippen LogP contribution in [0.5, 0.6) is 0 Å². The summed E-state index contributed by atoms with van der Waals surface area (Å²) in [7, 11) is 0. The van der Waals surface area contributed by atoms with E-state index in [1.165, 1.54) is 0 Å². The van der Waals surface area contributed by atoms with Crippen molar-refractivity contribution in [2.24, 2.45) is 0 Å². The maximum Gasteiger partial charge on any atom is 0.185 e. The number of hydrogen-bond acceptors (Lipinski definition) is 3. The zero-order valence-electron chi connectivity index (χ0n) is 6.46. The van der Waals surface area contributed by atoms with Crippen molar-refractivity contribution < 1.29 is 4.52 Å². The van der Waals surface area contributed by atoms with E-state index in [1.807, 2.05) is 19.9 Å². The van der Waals surface area contributed by atoms with Gasteiger partial charge in [-0.2, -0.15) is 0 Å². The van der Waals surface area contributed by atoms with E-state index in [0.29, 0.717) is 0 Å². The largest absolute Gasteiger partial charge is 0.354 e. The van der Waals surface area contributed by atoms with Crippen LogP contribution in [-0.2, 0) is 0 Å². The molecule has 0 atom stereocenters. The van der Waals surface area contributed by atoms with Crippen LogP contribution in [0.4, 0.5) is 0 Å². The molecule has 56 valence electrons. The Morgan fingerprint density at radius 2 is 2.18 bits per heavy atom. The second-order valence-electron chi connectivity index (χ2n) is 2.59. The minimum absolute atomic E-state index is 0.758. The highest BCUT2D eigenvalue weighted by atomic mass is 16.5. The molecule has 2 aromatic rings. The topological polar surface area (TPSA) is 38.9 Å². The zero-order chi connectivity index (χ0) is 7.84. The molecule has 0 aromatic carbocycles. The third kappa shape index (κ3) is 0.888. The molecule has 0 saturated carbocycles. The summed E-state index contributed by atoms with van der Waals surface area (Å²) >= 11 is 0. The van der Waals surface area contributed by atoms with E-state index >= 15 is 0 Å². The highest BCUT2D eigenvalue weighted by Gasteiger charge is 2.02. The Bertz CT molecular complexity index is 392. The Labute approximate surface area is 64.0 Å². The summed E-state index contributed by atoms with van der Waals surface area (Å²) in [6, 6.07) is 1.97. The molecular formula is C8H8N2O. The molecule has 0 spiro atoms. The van der Waals surface area contributed by atoms with E-state index in [9.17, 15) is 0 Å². The van der Waals surface area contributed by atoms with Crippen LogP contribution in [0.15, 0.2) is 16.8 Å². The van der Waals surface area contributed by atoms with Gasteiger partial charge in [-0.25, -0.2) is 0 Å². The molecule has 2 heterocycles. The molecule has 0 aliphatic heterocycles. The maximum atomic E-state index is 4.99. The molecule has 0 saturated heterocycles. The van der Waals surface area contributed by atoms with Gasteiger partial charge < -0.3 is 4.52 Å². The number of pyridine rings is 1. The van der Waals surface area contributed by atoms with Gasteiger partial charge in [0.1, 0.15) is 0 Å². The normalized spacial score (nSPS) is 10.7. The van der Waals surface area contributed by atoms with Crippen molar-refractivity contribution >= 4 is 11.0 Å². The number of aromatic nitrogens is 2. The molecule has 0 radical (unpaired) electrons. The van der Waals surface area contributed by atoms with E-state index in [-0.39, 0.29) is 0 Å². The van der Waals surface area contributed by atoms with Crippen molar-refractivity contribution in [2.75, 3.05) is 0 Å². The fourth-order valence-corrected chi connectivity index (χ4v) is 1.07. The van der Waals surface area contributed by atoms with E-state index < -0.39 is 0 Å². The second-order valence-corrected chi connectivity index (χ2v) is 2.59. The Morgan fingerprint density at radius 1 is 1.36 bits per heavy atom. The van der Waals surface area contributed by atoms with Gasteiger partial charge in [0.05, 0.1) is 11.9 Å². The van der Waals surface area contributed by atoms with Crippen molar-refractivity contribution in [1.29, 1.82) is 0 Å². The van der Waals surface area contributed by atoms with Gasteiger partial charge in [-0.3, -0.25) is 4.98 Å². The number of nitrogens with zero attached hydrogens (tertiary/aromatic N) is 2. The highest BCUT2D eigenvalue weighted by Crippen LogP contribution is 2.16. The predicted octanol–water partition coefficient (Wildman–Crippen LogP) is 1.84. The molecule has 3 nitrogen and oxygen atoms in total. The van der Waals surface area contributed by atoms with Gasteiger partial charge in [-0.1, -0.05) is 5.16 Å². The zero-order valence-corrected chi connectivity index (χ0v) is 6.46. The number of rotatable bonds is 0. The van der Waals surface area contributed by atoms with E-state index in [0.717, 1.165) is 22.4 Å². The third-order valence-electron chi connectivity index (χ3n) is 1.67. The average molecular weight is 148 g/mol. The Hall–Kier alpha value is -1.38. The van der Waals surface area contributed by atoms with Crippen molar-refractivity contribution in [3.63, 3.8) is 0 Å².